The van der Waals surface area contributed by atoms with E-state index in [1.807, 2.05) is 0 Å². The third-order valence-corrected chi connectivity index (χ3v) is 2.61. The van der Waals surface area contributed by atoms with Crippen molar-refractivity contribution < 1.29 is 5.11 Å². The summed E-state index contributed by atoms with van der Waals surface area (Å²) in [5, 5.41) is 9.67. The summed E-state index contributed by atoms with van der Waals surface area (Å²) in [6.45, 7) is 6.33. The Hall–Kier alpha value is -0.0400. The van der Waals surface area contributed by atoms with Crippen LogP contribution in [0.1, 0.15) is 33.6 Å². The first-order chi connectivity index (χ1) is 4.11. The Morgan fingerprint density at radius 1 is 1.67 bits per heavy atom. The minimum absolute atomic E-state index is 0.283. The molecule has 2 atom stereocenters. The van der Waals surface area contributed by atoms with Gasteiger partial charge in [-0.25, -0.2) is 0 Å². The van der Waals surface area contributed by atoms with Crippen LogP contribution in [-0.4, -0.2) is 10.7 Å². The molecule has 2 unspecified atom stereocenters. The third kappa shape index (κ3) is 0.983. The van der Waals surface area contributed by atoms with Crippen LogP contribution in [-0.2, 0) is 0 Å². The zero-order chi connectivity index (χ0) is 7.07. The second kappa shape index (κ2) is 1.98. The van der Waals surface area contributed by atoms with Gasteiger partial charge >= 0.3 is 0 Å². The quantitative estimate of drug-likeness (QED) is 0.601. The van der Waals surface area contributed by atoms with E-state index >= 15 is 0 Å². The van der Waals surface area contributed by atoms with Crippen LogP contribution in [0.15, 0.2) is 0 Å². The Balaban J connectivity index is 2.42. The molecule has 0 saturated heterocycles. The van der Waals surface area contributed by atoms with E-state index in [1.54, 1.807) is 0 Å². The Kier molecular flexibility index (Phi) is 1.55. The van der Waals surface area contributed by atoms with Gasteiger partial charge in [0.05, 0.1) is 5.60 Å². The summed E-state index contributed by atoms with van der Waals surface area (Å²) in [4.78, 5) is 0. The molecule has 0 heterocycles. The van der Waals surface area contributed by atoms with E-state index in [1.165, 1.54) is 0 Å². The highest BCUT2D eigenvalue weighted by Gasteiger charge is 2.53. The van der Waals surface area contributed by atoms with E-state index in [2.05, 4.69) is 20.8 Å². The Labute approximate surface area is 57.1 Å². The summed E-state index contributed by atoms with van der Waals surface area (Å²) < 4.78 is 0. The molecule has 1 fully saturated rings. The molecule has 0 radical (unpaired) electrons. The van der Waals surface area contributed by atoms with Crippen LogP contribution in [0.3, 0.4) is 0 Å². The lowest BCUT2D eigenvalue weighted by molar-refractivity contribution is 0.0810. The van der Waals surface area contributed by atoms with Crippen molar-refractivity contribution in [1.29, 1.82) is 0 Å². The van der Waals surface area contributed by atoms with Gasteiger partial charge in [0, 0.05) is 0 Å². The predicted octanol–water partition coefficient (Wildman–Crippen LogP) is 1.80. The summed E-state index contributed by atoms with van der Waals surface area (Å²) in [7, 11) is 0. The second-order valence-corrected chi connectivity index (χ2v) is 3.46. The SMILES string of the molecule is CCC1CC1(O)C(C)C. The van der Waals surface area contributed by atoms with Crippen LogP contribution in [0.25, 0.3) is 0 Å². The van der Waals surface area contributed by atoms with E-state index in [-0.39, 0.29) is 5.60 Å². The molecule has 54 valence electrons. The van der Waals surface area contributed by atoms with Gasteiger partial charge in [0.15, 0.2) is 0 Å². The Morgan fingerprint density at radius 2 is 2.22 bits per heavy atom. The van der Waals surface area contributed by atoms with E-state index in [0.717, 1.165) is 12.8 Å². The van der Waals surface area contributed by atoms with Gasteiger partial charge in [0.25, 0.3) is 0 Å². The van der Waals surface area contributed by atoms with Crippen LogP contribution in [0.4, 0.5) is 0 Å². The van der Waals surface area contributed by atoms with E-state index in [0.29, 0.717) is 11.8 Å². The smallest absolute Gasteiger partial charge is 0.0703 e. The molecule has 1 nitrogen and oxygen atoms in total. The monoisotopic (exact) mass is 128 g/mol. The zero-order valence-electron chi connectivity index (χ0n) is 6.52. The first kappa shape index (κ1) is 7.07. The number of hydrogen-bond donors (Lipinski definition) is 1. The molecule has 0 bridgehead atoms. The molecule has 0 aliphatic heterocycles. The zero-order valence-corrected chi connectivity index (χ0v) is 6.52. The van der Waals surface area contributed by atoms with Crippen molar-refractivity contribution in [3.8, 4) is 0 Å². The van der Waals surface area contributed by atoms with Gasteiger partial charge in [0.1, 0.15) is 0 Å². The van der Waals surface area contributed by atoms with E-state index in [9.17, 15) is 5.11 Å². The lowest BCUT2D eigenvalue weighted by atomic mass is 10.0. The summed E-state index contributed by atoms with van der Waals surface area (Å²) in [6.07, 6.45) is 2.16. The van der Waals surface area contributed by atoms with Crippen molar-refractivity contribution in [2.75, 3.05) is 0 Å². The molecule has 0 aromatic carbocycles. The minimum Gasteiger partial charge on any atom is -0.389 e. The number of rotatable bonds is 2. The molecule has 0 spiro atoms. The van der Waals surface area contributed by atoms with Gasteiger partial charge in [-0.15, -0.1) is 0 Å². The normalized spacial score (nSPS) is 41.7. The maximum atomic E-state index is 9.67. The van der Waals surface area contributed by atoms with Crippen LogP contribution in [0.5, 0.6) is 0 Å². The van der Waals surface area contributed by atoms with Gasteiger partial charge in [-0.05, 0) is 18.3 Å². The summed E-state index contributed by atoms with van der Waals surface area (Å²) in [5.74, 6) is 1.04. The first-order valence-corrected chi connectivity index (χ1v) is 3.83. The maximum Gasteiger partial charge on any atom is 0.0703 e. The topological polar surface area (TPSA) is 20.2 Å². The molecule has 0 aromatic heterocycles. The molecule has 0 aromatic rings. The fraction of sp³-hybridized carbons (Fsp3) is 1.00. The molecule has 9 heavy (non-hydrogen) atoms. The van der Waals surface area contributed by atoms with Crippen molar-refractivity contribution in [1.82, 2.24) is 0 Å². The maximum absolute atomic E-state index is 9.67. The number of aliphatic hydroxyl groups is 1. The lowest BCUT2D eigenvalue weighted by Gasteiger charge is -2.13. The molecule has 1 N–H and O–H groups in total. The van der Waals surface area contributed by atoms with Gasteiger partial charge in [-0.1, -0.05) is 27.2 Å². The lowest BCUT2D eigenvalue weighted by Crippen LogP contribution is -2.18. The van der Waals surface area contributed by atoms with Crippen molar-refractivity contribution >= 4 is 0 Å². The molecular weight excluding hydrogens is 112 g/mol. The van der Waals surface area contributed by atoms with Crippen molar-refractivity contribution in [3.63, 3.8) is 0 Å². The molecule has 0 amide bonds. The third-order valence-electron chi connectivity index (χ3n) is 2.61. The molecule has 1 aliphatic carbocycles. The minimum atomic E-state index is -0.283. The summed E-state index contributed by atoms with van der Waals surface area (Å²) in [5.41, 5.74) is -0.283. The first-order valence-electron chi connectivity index (χ1n) is 3.83. The van der Waals surface area contributed by atoms with Crippen molar-refractivity contribution in [2.45, 2.75) is 39.2 Å². The largest absolute Gasteiger partial charge is 0.389 e. The van der Waals surface area contributed by atoms with Crippen molar-refractivity contribution in [3.05, 3.63) is 0 Å². The average Bonchev–Trinajstić information content (AvgIpc) is 2.44. The standard InChI is InChI=1S/C8H16O/c1-4-7-5-8(7,9)6(2)3/h6-7,9H,4-5H2,1-3H3. The van der Waals surface area contributed by atoms with Gasteiger partial charge in [-0.2, -0.15) is 0 Å². The van der Waals surface area contributed by atoms with Crippen LogP contribution in [0.2, 0.25) is 0 Å². The highest BCUT2D eigenvalue weighted by Crippen LogP contribution is 2.50. The van der Waals surface area contributed by atoms with Crippen LogP contribution in [0, 0.1) is 11.8 Å². The fourth-order valence-electron chi connectivity index (χ4n) is 1.54. The fourth-order valence-corrected chi connectivity index (χ4v) is 1.54. The Bertz CT molecular complexity index is 109. The molecular formula is C8H16O. The van der Waals surface area contributed by atoms with Gasteiger partial charge in [-0.3, -0.25) is 0 Å². The molecule has 1 saturated carbocycles. The summed E-state index contributed by atoms with van der Waals surface area (Å²) >= 11 is 0. The van der Waals surface area contributed by atoms with Crippen LogP contribution >= 0.6 is 0 Å². The molecule has 1 heteroatoms. The highest BCUT2D eigenvalue weighted by molar-refractivity contribution is 5.04. The molecule has 1 aliphatic rings. The van der Waals surface area contributed by atoms with E-state index in [4.69, 9.17) is 0 Å². The van der Waals surface area contributed by atoms with Gasteiger partial charge in [0.2, 0.25) is 0 Å². The Morgan fingerprint density at radius 3 is 2.33 bits per heavy atom. The van der Waals surface area contributed by atoms with E-state index < -0.39 is 0 Å². The van der Waals surface area contributed by atoms with Crippen LogP contribution < -0.4 is 0 Å². The molecule has 1 rings (SSSR count). The second-order valence-electron chi connectivity index (χ2n) is 3.46. The summed E-state index contributed by atoms with van der Waals surface area (Å²) in [6, 6.07) is 0. The van der Waals surface area contributed by atoms with Crippen molar-refractivity contribution in [2.24, 2.45) is 11.8 Å². The average molecular weight is 128 g/mol. The van der Waals surface area contributed by atoms with Gasteiger partial charge < -0.3 is 5.11 Å². The predicted molar refractivity (Wildman–Crippen MR) is 38.2 cm³/mol. The number of hydrogen-bond acceptors (Lipinski definition) is 1. The highest BCUT2D eigenvalue weighted by atomic mass is 16.3.